The first-order chi connectivity index (χ1) is 18.0. The van der Waals surface area contributed by atoms with Crippen molar-refractivity contribution in [2.24, 2.45) is 23.7 Å². The molecule has 0 unspecified atom stereocenters. The molecule has 0 aromatic heterocycles. The Kier molecular flexibility index (Phi) is 5.81. The van der Waals surface area contributed by atoms with E-state index in [9.17, 15) is 14.4 Å². The van der Waals surface area contributed by atoms with Crippen LogP contribution in [-0.2, 0) is 14.3 Å². The molecule has 0 N–H and O–H groups in total. The van der Waals surface area contributed by atoms with Crippen LogP contribution in [0.25, 0.3) is 5.57 Å². The van der Waals surface area contributed by atoms with E-state index in [-0.39, 0.29) is 40.8 Å². The number of carbonyl (C=O) groups excluding carboxylic acids is 3. The molecule has 37 heavy (non-hydrogen) atoms. The summed E-state index contributed by atoms with van der Waals surface area (Å²) >= 11 is 6.22. The maximum Gasteiger partial charge on any atom is 0.339 e. The molecule has 1 saturated carbocycles. The van der Waals surface area contributed by atoms with Gasteiger partial charge in [-0.1, -0.05) is 84.4 Å². The largest absolute Gasteiger partial charge is 0.462 e. The van der Waals surface area contributed by atoms with Crippen LogP contribution in [0.3, 0.4) is 0 Å². The van der Waals surface area contributed by atoms with E-state index in [2.05, 4.69) is 36.4 Å². The molecule has 5 nitrogen and oxygen atoms in total. The van der Waals surface area contributed by atoms with Crippen LogP contribution >= 0.6 is 11.6 Å². The highest BCUT2D eigenvalue weighted by Gasteiger charge is 2.62. The smallest absolute Gasteiger partial charge is 0.339 e. The van der Waals surface area contributed by atoms with E-state index < -0.39 is 17.8 Å². The number of carbonyl (C=O) groups is 3. The minimum Gasteiger partial charge on any atom is -0.462 e. The second-order valence-electron chi connectivity index (χ2n) is 9.45. The fourth-order valence-electron chi connectivity index (χ4n) is 6.08. The summed E-state index contributed by atoms with van der Waals surface area (Å²) < 4.78 is 5.10. The number of allylic oxidation sites excluding steroid dienone is 3. The van der Waals surface area contributed by atoms with Crippen LogP contribution in [-0.4, -0.2) is 24.4 Å². The summed E-state index contributed by atoms with van der Waals surface area (Å²) in [6.07, 6.45) is 4.15. The number of esters is 1. The number of anilines is 1. The van der Waals surface area contributed by atoms with E-state index in [4.69, 9.17) is 16.3 Å². The number of ether oxygens (including phenoxy) is 1. The monoisotopic (exact) mass is 509 g/mol. The predicted molar refractivity (Wildman–Crippen MR) is 142 cm³/mol. The normalized spacial score (nSPS) is 23.5. The van der Waals surface area contributed by atoms with Crippen LogP contribution in [0.5, 0.6) is 0 Å². The summed E-state index contributed by atoms with van der Waals surface area (Å²) in [5.41, 5.74) is 4.81. The van der Waals surface area contributed by atoms with Crippen molar-refractivity contribution in [1.29, 1.82) is 0 Å². The molecule has 0 radical (unpaired) electrons. The molecule has 1 aliphatic heterocycles. The van der Waals surface area contributed by atoms with E-state index in [0.29, 0.717) is 5.69 Å². The Bertz CT molecular complexity index is 1400. The van der Waals surface area contributed by atoms with Crippen LogP contribution in [0.2, 0.25) is 5.02 Å². The first kappa shape index (κ1) is 23.4. The lowest BCUT2D eigenvalue weighted by Gasteiger charge is -2.22. The van der Waals surface area contributed by atoms with Gasteiger partial charge < -0.3 is 4.74 Å². The third kappa shape index (κ3) is 3.65. The van der Waals surface area contributed by atoms with Crippen LogP contribution < -0.4 is 4.90 Å². The number of amides is 2. The number of imide groups is 1. The Hall–Kier alpha value is -3.96. The first-order valence-electron chi connectivity index (χ1n) is 12.4. The van der Waals surface area contributed by atoms with Gasteiger partial charge in [0, 0.05) is 11.8 Å². The lowest BCUT2D eigenvalue weighted by atomic mass is 9.85. The van der Waals surface area contributed by atoms with Crippen molar-refractivity contribution in [2.45, 2.75) is 6.92 Å². The summed E-state index contributed by atoms with van der Waals surface area (Å²) in [4.78, 5) is 41.2. The Morgan fingerprint density at radius 1 is 0.838 bits per heavy atom. The van der Waals surface area contributed by atoms with Gasteiger partial charge in [0.2, 0.25) is 11.8 Å². The fraction of sp³-hybridized carbons (Fsp3) is 0.194. The lowest BCUT2D eigenvalue weighted by molar-refractivity contribution is -0.122. The van der Waals surface area contributed by atoms with Crippen molar-refractivity contribution in [3.05, 3.63) is 118 Å². The predicted octanol–water partition coefficient (Wildman–Crippen LogP) is 5.94. The van der Waals surface area contributed by atoms with Crippen molar-refractivity contribution in [3.63, 3.8) is 0 Å². The number of nitrogens with zero attached hydrogens (tertiary/aromatic N) is 1. The minimum atomic E-state index is -0.587. The van der Waals surface area contributed by atoms with E-state index in [1.54, 1.807) is 13.0 Å². The summed E-state index contributed by atoms with van der Waals surface area (Å²) in [5, 5.41) is 0.212. The van der Waals surface area contributed by atoms with E-state index in [1.807, 2.05) is 36.4 Å². The van der Waals surface area contributed by atoms with Gasteiger partial charge in [-0.2, -0.15) is 0 Å². The summed E-state index contributed by atoms with van der Waals surface area (Å²) in [6, 6.07) is 24.9. The van der Waals surface area contributed by atoms with Gasteiger partial charge in [0.05, 0.1) is 34.7 Å². The quantitative estimate of drug-likeness (QED) is 0.242. The molecule has 3 aromatic rings. The molecule has 2 bridgehead atoms. The Labute approximate surface area is 220 Å². The molecule has 3 aromatic carbocycles. The standard InChI is InChI=1S/C31H24ClNO4/c1-2-37-31(36)23-17-20(13-16-24(23)32)33-29(34)27-21-14-15-22(28(27)30(33)35)26(21)25(18-9-5-3-6-10-18)19-11-7-4-8-12-19/h3-17,21-22,27-28H,2H2,1H3/t21-,22+,27-,28+. The Morgan fingerprint density at radius 2 is 1.38 bits per heavy atom. The van der Waals surface area contributed by atoms with Gasteiger partial charge in [0.1, 0.15) is 0 Å². The second-order valence-corrected chi connectivity index (χ2v) is 9.85. The molecule has 6 heteroatoms. The number of halogens is 1. The number of rotatable bonds is 5. The zero-order valence-corrected chi connectivity index (χ0v) is 20.9. The first-order valence-corrected chi connectivity index (χ1v) is 12.8. The van der Waals surface area contributed by atoms with Crippen molar-refractivity contribution in [1.82, 2.24) is 0 Å². The topological polar surface area (TPSA) is 63.7 Å². The number of hydrogen-bond acceptors (Lipinski definition) is 4. The fourth-order valence-corrected chi connectivity index (χ4v) is 6.27. The van der Waals surface area contributed by atoms with Crippen LogP contribution in [0, 0.1) is 23.7 Å². The van der Waals surface area contributed by atoms with Gasteiger partial charge >= 0.3 is 5.97 Å². The molecule has 184 valence electrons. The molecular formula is C31H24ClNO4. The lowest BCUT2D eigenvalue weighted by Crippen LogP contribution is -2.33. The number of fused-ring (bicyclic) bond motifs is 5. The van der Waals surface area contributed by atoms with E-state index >= 15 is 0 Å². The highest BCUT2D eigenvalue weighted by molar-refractivity contribution is 6.34. The van der Waals surface area contributed by atoms with Crippen molar-refractivity contribution in [3.8, 4) is 0 Å². The third-order valence-corrected chi connectivity index (χ3v) is 7.86. The Balaban J connectivity index is 1.43. The van der Waals surface area contributed by atoms with Crippen molar-refractivity contribution >= 4 is 40.6 Å². The van der Waals surface area contributed by atoms with Gasteiger partial charge in [0.25, 0.3) is 0 Å². The third-order valence-electron chi connectivity index (χ3n) is 7.53. The van der Waals surface area contributed by atoms with Crippen LogP contribution in [0.1, 0.15) is 28.4 Å². The average Bonchev–Trinajstić information content (AvgIpc) is 3.55. The molecule has 2 amide bonds. The molecule has 2 aliphatic carbocycles. The summed E-state index contributed by atoms with van der Waals surface area (Å²) in [5.74, 6) is -2.41. The number of benzene rings is 3. The summed E-state index contributed by atoms with van der Waals surface area (Å²) in [6.45, 7) is 1.90. The molecule has 0 spiro atoms. The molecule has 2 fully saturated rings. The van der Waals surface area contributed by atoms with Gasteiger partial charge in [-0.25, -0.2) is 9.69 Å². The van der Waals surface area contributed by atoms with E-state index in [0.717, 1.165) is 22.3 Å². The maximum atomic E-state index is 13.8. The molecule has 1 heterocycles. The van der Waals surface area contributed by atoms with Crippen LogP contribution in [0.15, 0.2) is 96.6 Å². The van der Waals surface area contributed by atoms with Crippen LogP contribution in [0.4, 0.5) is 5.69 Å². The molecule has 1 saturated heterocycles. The molecule has 3 aliphatic rings. The van der Waals surface area contributed by atoms with Gasteiger partial charge in [-0.15, -0.1) is 0 Å². The maximum absolute atomic E-state index is 13.8. The van der Waals surface area contributed by atoms with Gasteiger partial charge in [-0.3, -0.25) is 9.59 Å². The van der Waals surface area contributed by atoms with Gasteiger partial charge in [-0.05, 0) is 47.4 Å². The highest BCUT2D eigenvalue weighted by Crippen LogP contribution is 2.58. The minimum absolute atomic E-state index is 0.135. The van der Waals surface area contributed by atoms with Crippen molar-refractivity contribution in [2.75, 3.05) is 11.5 Å². The average molecular weight is 510 g/mol. The van der Waals surface area contributed by atoms with Crippen molar-refractivity contribution < 1.29 is 19.1 Å². The SMILES string of the molecule is CCOC(=O)c1cc(N2C(=O)[C@@H]3[C@H](C2=O)[C@@H]2C=C[C@H]3C2=C(c2ccccc2)c2ccccc2)ccc1Cl. The number of hydrogen-bond donors (Lipinski definition) is 0. The zero-order valence-electron chi connectivity index (χ0n) is 20.1. The van der Waals surface area contributed by atoms with Gasteiger partial charge in [0.15, 0.2) is 0 Å². The Morgan fingerprint density at radius 3 is 1.89 bits per heavy atom. The second kappa shape index (κ2) is 9.16. The molecule has 4 atom stereocenters. The van der Waals surface area contributed by atoms with E-state index in [1.165, 1.54) is 17.0 Å². The molecule has 6 rings (SSSR count). The molecular weight excluding hydrogens is 486 g/mol. The zero-order chi connectivity index (χ0) is 25.7. The summed E-state index contributed by atoms with van der Waals surface area (Å²) in [7, 11) is 0. The highest BCUT2D eigenvalue weighted by atomic mass is 35.5.